The first-order chi connectivity index (χ1) is 13.7. The summed E-state index contributed by atoms with van der Waals surface area (Å²) in [6, 6.07) is 20.5. The van der Waals surface area contributed by atoms with E-state index in [1.165, 1.54) is 0 Å². The molecule has 1 N–H and O–H groups in total. The van der Waals surface area contributed by atoms with Gasteiger partial charge in [0.05, 0.1) is 25.3 Å². The first-order valence-corrected chi connectivity index (χ1v) is 8.75. The van der Waals surface area contributed by atoms with Crippen LogP contribution in [-0.4, -0.2) is 29.7 Å². The first-order valence-electron chi connectivity index (χ1n) is 8.75. The molecule has 3 aromatic carbocycles. The zero-order chi connectivity index (χ0) is 19.5. The molecule has 0 aliphatic rings. The van der Waals surface area contributed by atoms with Gasteiger partial charge in [-0.1, -0.05) is 18.2 Å². The largest absolute Gasteiger partial charge is 0.493 e. The van der Waals surface area contributed by atoms with Gasteiger partial charge in [0.25, 0.3) is 5.91 Å². The fraction of sp³-hybridized carbons (Fsp3) is 0.0909. The van der Waals surface area contributed by atoms with E-state index < -0.39 is 0 Å². The predicted molar refractivity (Wildman–Crippen MR) is 109 cm³/mol. The Bertz CT molecular complexity index is 1150. The van der Waals surface area contributed by atoms with E-state index in [0.29, 0.717) is 22.7 Å². The standard InChI is InChI=1S/C22H19N3O3/c1-27-20-11-10-16(13-21(20)28-2)24-22(26)15-6-5-7-17(12-15)25-14-23-18-8-3-4-9-19(18)25/h3-14H,1-2H3,(H,24,26). The van der Waals surface area contributed by atoms with E-state index in [1.807, 2.05) is 47.0 Å². The number of hydrogen-bond donors (Lipinski definition) is 1. The Hall–Kier alpha value is -3.80. The minimum absolute atomic E-state index is 0.210. The van der Waals surface area contributed by atoms with Crippen LogP contribution in [0.4, 0.5) is 5.69 Å². The number of carbonyl (C=O) groups excluding carboxylic acids is 1. The van der Waals surface area contributed by atoms with Gasteiger partial charge in [0.2, 0.25) is 0 Å². The number of imidazole rings is 1. The number of ether oxygens (including phenoxy) is 2. The Balaban J connectivity index is 1.62. The molecule has 0 saturated carbocycles. The zero-order valence-electron chi connectivity index (χ0n) is 15.5. The smallest absolute Gasteiger partial charge is 0.255 e. The molecule has 140 valence electrons. The Kier molecular flexibility index (Phi) is 4.68. The molecular formula is C22H19N3O3. The second-order valence-electron chi connectivity index (χ2n) is 6.18. The van der Waals surface area contributed by atoms with E-state index >= 15 is 0 Å². The van der Waals surface area contributed by atoms with Gasteiger partial charge in [-0.15, -0.1) is 0 Å². The summed E-state index contributed by atoms with van der Waals surface area (Å²) in [7, 11) is 3.13. The number of nitrogens with zero attached hydrogens (tertiary/aromatic N) is 2. The van der Waals surface area contributed by atoms with E-state index in [0.717, 1.165) is 16.7 Å². The summed E-state index contributed by atoms with van der Waals surface area (Å²) < 4.78 is 12.5. The molecule has 0 bridgehead atoms. The van der Waals surface area contributed by atoms with Gasteiger partial charge in [0.15, 0.2) is 11.5 Å². The van der Waals surface area contributed by atoms with Gasteiger partial charge < -0.3 is 14.8 Å². The monoisotopic (exact) mass is 373 g/mol. The number of para-hydroxylation sites is 2. The van der Waals surface area contributed by atoms with Crippen molar-refractivity contribution >= 4 is 22.6 Å². The zero-order valence-corrected chi connectivity index (χ0v) is 15.5. The lowest BCUT2D eigenvalue weighted by Crippen LogP contribution is -2.12. The van der Waals surface area contributed by atoms with E-state index in [-0.39, 0.29) is 5.91 Å². The van der Waals surface area contributed by atoms with Gasteiger partial charge in [0, 0.05) is 23.0 Å². The molecule has 0 unspecified atom stereocenters. The lowest BCUT2D eigenvalue weighted by atomic mass is 10.1. The Morgan fingerprint density at radius 1 is 0.929 bits per heavy atom. The van der Waals surface area contributed by atoms with Gasteiger partial charge in [-0.05, 0) is 42.5 Å². The maximum Gasteiger partial charge on any atom is 0.255 e. The average Bonchev–Trinajstić information content (AvgIpc) is 3.18. The third-order valence-electron chi connectivity index (χ3n) is 4.48. The summed E-state index contributed by atoms with van der Waals surface area (Å²) >= 11 is 0. The number of rotatable bonds is 5. The van der Waals surface area contributed by atoms with Gasteiger partial charge in [-0.25, -0.2) is 4.98 Å². The van der Waals surface area contributed by atoms with E-state index in [9.17, 15) is 4.79 Å². The molecule has 0 radical (unpaired) electrons. The molecule has 4 rings (SSSR count). The molecule has 0 atom stereocenters. The number of anilines is 1. The lowest BCUT2D eigenvalue weighted by Gasteiger charge is -2.11. The van der Waals surface area contributed by atoms with Crippen molar-refractivity contribution in [1.29, 1.82) is 0 Å². The van der Waals surface area contributed by atoms with Crippen LogP contribution in [0, 0.1) is 0 Å². The van der Waals surface area contributed by atoms with Crippen LogP contribution < -0.4 is 14.8 Å². The predicted octanol–water partition coefficient (Wildman–Crippen LogP) is 4.30. The molecule has 1 amide bonds. The van der Waals surface area contributed by atoms with Gasteiger partial charge in [-0.3, -0.25) is 9.36 Å². The number of aromatic nitrogens is 2. The second-order valence-corrected chi connectivity index (χ2v) is 6.18. The van der Waals surface area contributed by atoms with Crippen molar-refractivity contribution in [3.63, 3.8) is 0 Å². The highest BCUT2D eigenvalue weighted by Gasteiger charge is 2.11. The summed E-state index contributed by atoms with van der Waals surface area (Å²) in [6.45, 7) is 0. The van der Waals surface area contributed by atoms with Crippen molar-refractivity contribution in [2.45, 2.75) is 0 Å². The molecule has 6 nitrogen and oxygen atoms in total. The molecular weight excluding hydrogens is 354 g/mol. The molecule has 0 aliphatic carbocycles. The molecule has 0 saturated heterocycles. The third-order valence-corrected chi connectivity index (χ3v) is 4.48. The van der Waals surface area contributed by atoms with Crippen molar-refractivity contribution < 1.29 is 14.3 Å². The molecule has 0 fully saturated rings. The number of methoxy groups -OCH3 is 2. The number of carbonyl (C=O) groups is 1. The van der Waals surface area contributed by atoms with Crippen molar-refractivity contribution in [2.75, 3.05) is 19.5 Å². The van der Waals surface area contributed by atoms with Crippen LogP contribution in [0.25, 0.3) is 16.7 Å². The maximum absolute atomic E-state index is 12.7. The summed E-state index contributed by atoms with van der Waals surface area (Å²) in [4.78, 5) is 17.2. The number of hydrogen-bond acceptors (Lipinski definition) is 4. The molecule has 28 heavy (non-hydrogen) atoms. The third kappa shape index (κ3) is 3.27. The number of amides is 1. The number of fused-ring (bicyclic) bond motifs is 1. The van der Waals surface area contributed by atoms with Crippen LogP contribution in [0.1, 0.15) is 10.4 Å². The SMILES string of the molecule is COc1ccc(NC(=O)c2cccc(-n3cnc4ccccc43)c2)cc1OC. The van der Waals surface area contributed by atoms with Crippen LogP contribution in [0.3, 0.4) is 0 Å². The van der Waals surface area contributed by atoms with Crippen LogP contribution in [0.15, 0.2) is 73.1 Å². The molecule has 6 heteroatoms. The van der Waals surface area contributed by atoms with E-state index in [2.05, 4.69) is 10.3 Å². The highest BCUT2D eigenvalue weighted by molar-refractivity contribution is 6.04. The fourth-order valence-electron chi connectivity index (χ4n) is 3.08. The maximum atomic E-state index is 12.7. The van der Waals surface area contributed by atoms with Crippen molar-refractivity contribution in [2.24, 2.45) is 0 Å². The van der Waals surface area contributed by atoms with Gasteiger partial charge in [-0.2, -0.15) is 0 Å². The Morgan fingerprint density at radius 2 is 1.75 bits per heavy atom. The second kappa shape index (κ2) is 7.44. The van der Waals surface area contributed by atoms with Crippen LogP contribution in [0.5, 0.6) is 11.5 Å². The van der Waals surface area contributed by atoms with Crippen LogP contribution in [-0.2, 0) is 0 Å². The summed E-state index contributed by atoms with van der Waals surface area (Å²) in [5, 5.41) is 2.89. The average molecular weight is 373 g/mol. The quantitative estimate of drug-likeness (QED) is 0.567. The Morgan fingerprint density at radius 3 is 2.57 bits per heavy atom. The van der Waals surface area contributed by atoms with Crippen molar-refractivity contribution in [3.05, 3.63) is 78.6 Å². The highest BCUT2D eigenvalue weighted by atomic mass is 16.5. The molecule has 0 aliphatic heterocycles. The molecule has 4 aromatic rings. The van der Waals surface area contributed by atoms with Gasteiger partial charge in [0.1, 0.15) is 6.33 Å². The topological polar surface area (TPSA) is 65.4 Å². The molecule has 0 spiro atoms. The highest BCUT2D eigenvalue weighted by Crippen LogP contribution is 2.30. The summed E-state index contributed by atoms with van der Waals surface area (Å²) in [5.41, 5.74) is 3.93. The fourth-order valence-corrected chi connectivity index (χ4v) is 3.08. The van der Waals surface area contributed by atoms with Crippen LogP contribution in [0.2, 0.25) is 0 Å². The minimum atomic E-state index is -0.210. The van der Waals surface area contributed by atoms with E-state index in [1.54, 1.807) is 44.8 Å². The lowest BCUT2D eigenvalue weighted by molar-refractivity contribution is 0.102. The minimum Gasteiger partial charge on any atom is -0.493 e. The molecule has 1 heterocycles. The van der Waals surface area contributed by atoms with Crippen LogP contribution >= 0.6 is 0 Å². The van der Waals surface area contributed by atoms with Crippen molar-refractivity contribution in [1.82, 2.24) is 9.55 Å². The Labute approximate surface area is 162 Å². The summed E-state index contributed by atoms with van der Waals surface area (Å²) in [5.74, 6) is 0.951. The summed E-state index contributed by atoms with van der Waals surface area (Å²) in [6.07, 6.45) is 1.76. The van der Waals surface area contributed by atoms with Gasteiger partial charge >= 0.3 is 0 Å². The number of benzene rings is 3. The molecule has 1 aromatic heterocycles. The normalized spacial score (nSPS) is 10.6. The number of nitrogens with one attached hydrogen (secondary N) is 1. The van der Waals surface area contributed by atoms with Crippen molar-refractivity contribution in [3.8, 4) is 17.2 Å². The van der Waals surface area contributed by atoms with E-state index in [4.69, 9.17) is 9.47 Å². The first kappa shape index (κ1) is 17.6.